The summed E-state index contributed by atoms with van der Waals surface area (Å²) in [5.74, 6) is 0.611. The summed E-state index contributed by atoms with van der Waals surface area (Å²) >= 11 is 0. The topological polar surface area (TPSA) is 62.1 Å². The van der Waals surface area contributed by atoms with Gasteiger partial charge in [0.1, 0.15) is 11.2 Å². The molecule has 0 bridgehead atoms. The number of nitrogens with zero attached hydrogens (tertiary/aromatic N) is 1. The lowest BCUT2D eigenvalue weighted by molar-refractivity contribution is -0.131. The number of carbonyl (C=O) groups is 1. The van der Waals surface area contributed by atoms with Gasteiger partial charge >= 0.3 is 0 Å². The highest BCUT2D eigenvalue weighted by atomic mass is 16.5. The van der Waals surface area contributed by atoms with Crippen LogP contribution in [0, 0.1) is 16.7 Å². The van der Waals surface area contributed by atoms with Crippen LogP contribution in [0.15, 0.2) is 24.3 Å². The number of rotatable bonds is 4. The lowest BCUT2D eigenvalue weighted by atomic mass is 9.69. The van der Waals surface area contributed by atoms with E-state index in [-0.39, 0.29) is 5.91 Å². The van der Waals surface area contributed by atoms with Crippen molar-refractivity contribution in [2.75, 3.05) is 7.11 Å². The molecule has 0 aromatic heterocycles. The summed E-state index contributed by atoms with van der Waals surface area (Å²) in [5.41, 5.74) is 0.189. The Hall–Kier alpha value is -2.02. The molecular weight excluding hydrogens is 228 g/mol. The third-order valence-corrected chi connectivity index (χ3v) is 3.44. The standard InChI is InChI=1S/C14H16N2O2/c1-18-12-5-2-4-11(8-12)9-16-13(17)14(10-15)6-3-7-14/h2,4-5,8H,3,6-7,9H2,1H3,(H,16,17). The average Bonchev–Trinajstić information content (AvgIpc) is 2.36. The maximum atomic E-state index is 11.9. The van der Waals surface area contributed by atoms with Crippen molar-refractivity contribution in [2.45, 2.75) is 25.8 Å². The zero-order chi connectivity index (χ0) is 13.0. The Bertz CT molecular complexity index is 487. The van der Waals surface area contributed by atoms with Crippen LogP contribution >= 0.6 is 0 Å². The highest BCUT2D eigenvalue weighted by molar-refractivity contribution is 5.86. The molecule has 94 valence electrons. The minimum atomic E-state index is -0.779. The van der Waals surface area contributed by atoms with Crippen molar-refractivity contribution in [1.29, 1.82) is 5.26 Å². The first-order valence-corrected chi connectivity index (χ1v) is 6.03. The molecule has 1 saturated carbocycles. The van der Waals surface area contributed by atoms with E-state index >= 15 is 0 Å². The van der Waals surface area contributed by atoms with E-state index in [2.05, 4.69) is 11.4 Å². The van der Waals surface area contributed by atoms with Crippen LogP contribution in [0.5, 0.6) is 5.75 Å². The van der Waals surface area contributed by atoms with Crippen molar-refractivity contribution >= 4 is 5.91 Å². The van der Waals surface area contributed by atoms with E-state index in [1.165, 1.54) is 0 Å². The highest BCUT2D eigenvalue weighted by Crippen LogP contribution is 2.40. The van der Waals surface area contributed by atoms with Gasteiger partial charge in [-0.05, 0) is 37.0 Å². The van der Waals surface area contributed by atoms with Gasteiger partial charge in [-0.25, -0.2) is 0 Å². The van der Waals surface area contributed by atoms with Crippen molar-refractivity contribution < 1.29 is 9.53 Å². The minimum Gasteiger partial charge on any atom is -0.497 e. The molecule has 1 N–H and O–H groups in total. The number of hydrogen-bond donors (Lipinski definition) is 1. The quantitative estimate of drug-likeness (QED) is 0.881. The first-order valence-electron chi connectivity index (χ1n) is 6.03. The molecule has 0 heterocycles. The fraction of sp³-hybridized carbons (Fsp3) is 0.429. The summed E-state index contributed by atoms with van der Waals surface area (Å²) in [7, 11) is 1.61. The second kappa shape index (κ2) is 5.09. The summed E-state index contributed by atoms with van der Waals surface area (Å²) in [6.45, 7) is 0.430. The highest BCUT2D eigenvalue weighted by Gasteiger charge is 2.44. The molecule has 1 fully saturated rings. The number of nitrogens with one attached hydrogen (secondary N) is 1. The first-order chi connectivity index (χ1) is 8.70. The molecule has 1 aliphatic carbocycles. The molecule has 4 nitrogen and oxygen atoms in total. The fourth-order valence-electron chi connectivity index (χ4n) is 2.05. The van der Waals surface area contributed by atoms with Gasteiger partial charge in [-0.2, -0.15) is 5.26 Å². The molecule has 0 saturated heterocycles. The monoisotopic (exact) mass is 244 g/mol. The maximum absolute atomic E-state index is 11.9. The Morgan fingerprint density at radius 2 is 2.33 bits per heavy atom. The summed E-state index contributed by atoms with van der Waals surface area (Å²) < 4.78 is 5.12. The van der Waals surface area contributed by atoms with E-state index < -0.39 is 5.41 Å². The van der Waals surface area contributed by atoms with Crippen molar-refractivity contribution in [2.24, 2.45) is 5.41 Å². The molecule has 1 amide bonds. The van der Waals surface area contributed by atoms with E-state index in [0.717, 1.165) is 17.7 Å². The summed E-state index contributed by atoms with van der Waals surface area (Å²) in [4.78, 5) is 11.9. The van der Waals surface area contributed by atoms with Crippen molar-refractivity contribution in [1.82, 2.24) is 5.32 Å². The number of hydrogen-bond acceptors (Lipinski definition) is 3. The van der Waals surface area contributed by atoms with Crippen LogP contribution < -0.4 is 10.1 Å². The molecule has 0 spiro atoms. The van der Waals surface area contributed by atoms with Crippen molar-refractivity contribution in [3.05, 3.63) is 29.8 Å². The molecule has 0 radical (unpaired) electrons. The number of benzene rings is 1. The Labute approximate surface area is 107 Å². The third-order valence-electron chi connectivity index (χ3n) is 3.44. The molecule has 1 aliphatic rings. The van der Waals surface area contributed by atoms with Crippen LogP contribution in [0.25, 0.3) is 0 Å². The van der Waals surface area contributed by atoms with Crippen LogP contribution in [0.2, 0.25) is 0 Å². The molecule has 1 aromatic carbocycles. The molecule has 4 heteroatoms. The predicted molar refractivity (Wildman–Crippen MR) is 66.7 cm³/mol. The Kier molecular flexibility index (Phi) is 3.52. The number of nitriles is 1. The van der Waals surface area contributed by atoms with Gasteiger partial charge in [0.25, 0.3) is 0 Å². The molecule has 0 atom stereocenters. The first kappa shape index (κ1) is 12.4. The Morgan fingerprint density at radius 1 is 1.56 bits per heavy atom. The van der Waals surface area contributed by atoms with Crippen LogP contribution in [-0.4, -0.2) is 13.0 Å². The maximum Gasteiger partial charge on any atom is 0.240 e. The van der Waals surface area contributed by atoms with Gasteiger partial charge in [0.2, 0.25) is 5.91 Å². The van der Waals surface area contributed by atoms with Gasteiger partial charge in [-0.15, -0.1) is 0 Å². The second-order valence-corrected chi connectivity index (χ2v) is 4.58. The molecular formula is C14H16N2O2. The smallest absolute Gasteiger partial charge is 0.240 e. The van der Waals surface area contributed by atoms with Crippen LogP contribution in [-0.2, 0) is 11.3 Å². The number of methoxy groups -OCH3 is 1. The molecule has 0 unspecified atom stereocenters. The van der Waals surface area contributed by atoms with E-state index in [0.29, 0.717) is 19.4 Å². The van der Waals surface area contributed by atoms with Crippen molar-refractivity contribution in [3.63, 3.8) is 0 Å². The van der Waals surface area contributed by atoms with Gasteiger partial charge in [-0.3, -0.25) is 4.79 Å². The van der Waals surface area contributed by atoms with Gasteiger partial charge in [0, 0.05) is 6.54 Å². The lowest BCUT2D eigenvalue weighted by Crippen LogP contribution is -2.44. The van der Waals surface area contributed by atoms with Gasteiger partial charge in [-0.1, -0.05) is 12.1 Å². The summed E-state index contributed by atoms with van der Waals surface area (Å²) in [6, 6.07) is 9.67. The van der Waals surface area contributed by atoms with E-state index in [1.807, 2.05) is 24.3 Å². The lowest BCUT2D eigenvalue weighted by Gasteiger charge is -2.33. The summed E-state index contributed by atoms with van der Waals surface area (Å²) in [6.07, 6.45) is 2.31. The van der Waals surface area contributed by atoms with Gasteiger partial charge in [0.15, 0.2) is 0 Å². The average molecular weight is 244 g/mol. The molecule has 2 rings (SSSR count). The number of ether oxygens (including phenoxy) is 1. The van der Waals surface area contributed by atoms with E-state index in [4.69, 9.17) is 10.00 Å². The van der Waals surface area contributed by atoms with Gasteiger partial charge in [0.05, 0.1) is 13.2 Å². The fourth-order valence-corrected chi connectivity index (χ4v) is 2.05. The third kappa shape index (κ3) is 2.30. The second-order valence-electron chi connectivity index (χ2n) is 4.58. The van der Waals surface area contributed by atoms with Crippen LogP contribution in [0.1, 0.15) is 24.8 Å². The molecule has 18 heavy (non-hydrogen) atoms. The van der Waals surface area contributed by atoms with Crippen LogP contribution in [0.4, 0.5) is 0 Å². The van der Waals surface area contributed by atoms with Crippen molar-refractivity contribution in [3.8, 4) is 11.8 Å². The molecule has 1 aromatic rings. The zero-order valence-electron chi connectivity index (χ0n) is 10.4. The summed E-state index contributed by atoms with van der Waals surface area (Å²) in [5, 5.41) is 11.9. The predicted octanol–water partition coefficient (Wildman–Crippen LogP) is 2.01. The Morgan fingerprint density at radius 3 is 2.89 bits per heavy atom. The largest absolute Gasteiger partial charge is 0.497 e. The van der Waals surface area contributed by atoms with Gasteiger partial charge < -0.3 is 10.1 Å². The number of amides is 1. The normalized spacial score (nSPS) is 16.2. The number of carbonyl (C=O) groups excluding carboxylic acids is 1. The van der Waals surface area contributed by atoms with E-state index in [9.17, 15) is 4.79 Å². The van der Waals surface area contributed by atoms with E-state index in [1.54, 1.807) is 7.11 Å². The SMILES string of the molecule is COc1cccc(CNC(=O)C2(C#N)CCC2)c1. The minimum absolute atomic E-state index is 0.154. The Balaban J connectivity index is 1.95. The zero-order valence-corrected chi connectivity index (χ0v) is 10.4. The van der Waals surface area contributed by atoms with Crippen LogP contribution in [0.3, 0.4) is 0 Å². The molecule has 0 aliphatic heterocycles.